The molecule has 1 unspecified atom stereocenters. The van der Waals surface area contributed by atoms with Crippen LogP contribution in [0.3, 0.4) is 0 Å². The summed E-state index contributed by atoms with van der Waals surface area (Å²) in [5.74, 6) is -0.206. The van der Waals surface area contributed by atoms with Crippen LogP contribution in [-0.4, -0.2) is 30.4 Å². The maximum atomic E-state index is 11.7. The molecule has 0 saturated heterocycles. The van der Waals surface area contributed by atoms with Crippen molar-refractivity contribution in [1.29, 1.82) is 5.26 Å². The van der Waals surface area contributed by atoms with Gasteiger partial charge in [-0.3, -0.25) is 4.79 Å². The third-order valence-corrected chi connectivity index (χ3v) is 2.33. The van der Waals surface area contributed by atoms with Crippen molar-refractivity contribution < 1.29 is 4.79 Å². The molecule has 0 fully saturated rings. The third kappa shape index (κ3) is 5.38. The van der Waals surface area contributed by atoms with Gasteiger partial charge in [0, 0.05) is 13.6 Å². The molecule has 0 saturated carbocycles. The Hall–Kier alpha value is -1.08. The number of rotatable bonds is 6. The number of likely N-dealkylation sites (N-methyl/N-ethyl adjacent to an activating group) is 1. The predicted octanol–water partition coefficient (Wildman–Crippen LogP) is 1.12. The van der Waals surface area contributed by atoms with Gasteiger partial charge < -0.3 is 10.6 Å². The first-order valence-corrected chi connectivity index (χ1v) is 5.43. The van der Waals surface area contributed by atoms with Crippen LogP contribution in [-0.2, 0) is 4.79 Å². The molecule has 0 aromatic carbocycles. The fourth-order valence-electron chi connectivity index (χ4n) is 1.37. The number of hydrogen-bond donors (Lipinski definition) is 1. The number of carbonyl (C=O) groups is 1. The minimum Gasteiger partial charge on any atom is -0.343 e. The number of unbranched alkanes of at least 4 members (excludes halogenated alkanes) is 1. The molecule has 4 nitrogen and oxygen atoms in total. The fourth-order valence-corrected chi connectivity index (χ4v) is 1.37. The van der Waals surface area contributed by atoms with E-state index in [4.69, 9.17) is 11.0 Å². The molecule has 0 radical (unpaired) electrons. The summed E-state index contributed by atoms with van der Waals surface area (Å²) >= 11 is 0. The van der Waals surface area contributed by atoms with Gasteiger partial charge in [-0.2, -0.15) is 5.26 Å². The number of nitrogens with zero attached hydrogens (tertiary/aromatic N) is 2. The van der Waals surface area contributed by atoms with Crippen molar-refractivity contribution in [2.24, 2.45) is 11.7 Å². The van der Waals surface area contributed by atoms with Gasteiger partial charge in [0.05, 0.1) is 18.0 Å². The van der Waals surface area contributed by atoms with E-state index in [9.17, 15) is 4.79 Å². The minimum absolute atomic E-state index is 0.0643. The number of hydrogen-bond acceptors (Lipinski definition) is 3. The Morgan fingerprint density at radius 3 is 2.67 bits per heavy atom. The van der Waals surface area contributed by atoms with Crippen LogP contribution in [0.4, 0.5) is 0 Å². The normalized spacial score (nSPS) is 14.1. The molecule has 86 valence electrons. The molecule has 0 heterocycles. The van der Waals surface area contributed by atoms with Crippen LogP contribution in [0.5, 0.6) is 0 Å². The lowest BCUT2D eigenvalue weighted by Gasteiger charge is -2.22. The van der Waals surface area contributed by atoms with Gasteiger partial charge in [0.1, 0.15) is 0 Å². The summed E-state index contributed by atoms with van der Waals surface area (Å²) in [6, 6.07) is 1.68. The van der Waals surface area contributed by atoms with Crippen LogP contribution < -0.4 is 5.73 Å². The van der Waals surface area contributed by atoms with Crippen molar-refractivity contribution in [1.82, 2.24) is 4.90 Å². The zero-order valence-corrected chi connectivity index (χ0v) is 9.86. The van der Waals surface area contributed by atoms with E-state index >= 15 is 0 Å². The molecule has 0 aromatic heterocycles. The van der Waals surface area contributed by atoms with Crippen molar-refractivity contribution in [3.8, 4) is 6.07 Å². The van der Waals surface area contributed by atoms with Crippen molar-refractivity contribution in [3.63, 3.8) is 0 Å². The van der Waals surface area contributed by atoms with E-state index in [-0.39, 0.29) is 11.8 Å². The van der Waals surface area contributed by atoms with E-state index < -0.39 is 6.04 Å². The molecule has 1 amide bonds. The molecule has 2 atom stereocenters. The Bertz CT molecular complexity index is 234. The second kappa shape index (κ2) is 7.24. The Kier molecular flexibility index (Phi) is 6.72. The van der Waals surface area contributed by atoms with Crippen molar-refractivity contribution in [2.75, 3.05) is 13.6 Å². The molecule has 0 aliphatic carbocycles. The highest BCUT2D eigenvalue weighted by Crippen LogP contribution is 2.03. The van der Waals surface area contributed by atoms with Crippen LogP contribution >= 0.6 is 0 Å². The highest BCUT2D eigenvalue weighted by Gasteiger charge is 2.18. The average molecular weight is 211 g/mol. The summed E-state index contributed by atoms with van der Waals surface area (Å²) in [6.45, 7) is 4.31. The van der Waals surface area contributed by atoms with Gasteiger partial charge in [-0.05, 0) is 13.3 Å². The summed E-state index contributed by atoms with van der Waals surface area (Å²) in [7, 11) is 1.70. The molecule has 0 spiro atoms. The van der Waals surface area contributed by atoms with Gasteiger partial charge in [0.15, 0.2) is 0 Å². The highest BCUT2D eigenvalue weighted by atomic mass is 16.2. The number of carbonyl (C=O) groups excluding carboxylic acids is 1. The molecule has 0 bridgehead atoms. The van der Waals surface area contributed by atoms with Crippen molar-refractivity contribution in [2.45, 2.75) is 39.2 Å². The van der Waals surface area contributed by atoms with Crippen LogP contribution in [0.2, 0.25) is 0 Å². The average Bonchev–Trinajstić information content (AvgIpc) is 2.24. The van der Waals surface area contributed by atoms with Crippen LogP contribution in [0.25, 0.3) is 0 Å². The van der Waals surface area contributed by atoms with Gasteiger partial charge in [-0.15, -0.1) is 0 Å². The highest BCUT2D eigenvalue weighted by molar-refractivity contribution is 5.81. The molecule has 0 rings (SSSR count). The number of nitriles is 1. The first-order valence-electron chi connectivity index (χ1n) is 5.43. The number of amides is 1. The lowest BCUT2D eigenvalue weighted by molar-refractivity contribution is -0.131. The summed E-state index contributed by atoms with van der Waals surface area (Å²) in [6.07, 6.45) is 2.73. The molecule has 0 aliphatic heterocycles. The van der Waals surface area contributed by atoms with E-state index in [0.717, 1.165) is 19.3 Å². The van der Waals surface area contributed by atoms with E-state index in [0.29, 0.717) is 6.54 Å². The fraction of sp³-hybridized carbons (Fsp3) is 0.818. The smallest absolute Gasteiger partial charge is 0.239 e. The first kappa shape index (κ1) is 13.9. The van der Waals surface area contributed by atoms with Gasteiger partial charge in [0.2, 0.25) is 5.91 Å². The Labute approximate surface area is 92.0 Å². The lowest BCUT2D eigenvalue weighted by Crippen LogP contribution is -2.43. The Balaban J connectivity index is 4.02. The van der Waals surface area contributed by atoms with E-state index in [1.165, 1.54) is 0 Å². The Morgan fingerprint density at radius 2 is 2.20 bits per heavy atom. The summed E-state index contributed by atoms with van der Waals surface area (Å²) in [4.78, 5) is 13.2. The van der Waals surface area contributed by atoms with E-state index in [1.807, 2.05) is 0 Å². The molecule has 4 heteroatoms. The van der Waals surface area contributed by atoms with Gasteiger partial charge in [0.25, 0.3) is 0 Å². The second-order valence-corrected chi connectivity index (χ2v) is 4.00. The monoisotopic (exact) mass is 211 g/mol. The summed E-state index contributed by atoms with van der Waals surface area (Å²) in [5.41, 5.74) is 5.75. The van der Waals surface area contributed by atoms with Crippen LogP contribution in [0, 0.1) is 17.2 Å². The zero-order valence-electron chi connectivity index (χ0n) is 9.86. The standard InChI is InChI=1S/C11H21N3O/c1-4-5-6-10(13)11(15)14(3)8-9(2)7-12/h9-10H,4-6,8,13H2,1-3H3/t9?,10-/m0/s1. The number of nitrogens with two attached hydrogens (primary N) is 1. The van der Waals surface area contributed by atoms with E-state index in [1.54, 1.807) is 18.9 Å². The topological polar surface area (TPSA) is 70.1 Å². The summed E-state index contributed by atoms with van der Waals surface area (Å²) in [5, 5.41) is 8.63. The van der Waals surface area contributed by atoms with Crippen molar-refractivity contribution in [3.05, 3.63) is 0 Å². The van der Waals surface area contributed by atoms with E-state index in [2.05, 4.69) is 13.0 Å². The largest absolute Gasteiger partial charge is 0.343 e. The third-order valence-electron chi connectivity index (χ3n) is 2.33. The summed E-state index contributed by atoms with van der Waals surface area (Å²) < 4.78 is 0. The quantitative estimate of drug-likeness (QED) is 0.715. The van der Waals surface area contributed by atoms with Gasteiger partial charge >= 0.3 is 0 Å². The lowest BCUT2D eigenvalue weighted by atomic mass is 10.1. The van der Waals surface area contributed by atoms with Gasteiger partial charge in [-0.25, -0.2) is 0 Å². The van der Waals surface area contributed by atoms with Crippen LogP contribution in [0.15, 0.2) is 0 Å². The SMILES string of the molecule is CCCC[C@H](N)C(=O)N(C)CC(C)C#N. The molecule has 15 heavy (non-hydrogen) atoms. The molecule has 0 aliphatic rings. The zero-order chi connectivity index (χ0) is 11.8. The Morgan fingerprint density at radius 1 is 1.60 bits per heavy atom. The predicted molar refractivity (Wildman–Crippen MR) is 59.9 cm³/mol. The minimum atomic E-state index is -0.416. The van der Waals surface area contributed by atoms with Crippen LogP contribution in [0.1, 0.15) is 33.1 Å². The second-order valence-electron chi connectivity index (χ2n) is 4.00. The molecule has 2 N–H and O–H groups in total. The maximum Gasteiger partial charge on any atom is 0.239 e. The first-order chi connectivity index (χ1) is 7.02. The molecular weight excluding hydrogens is 190 g/mol. The molecular formula is C11H21N3O. The maximum absolute atomic E-state index is 11.7. The van der Waals surface area contributed by atoms with Crippen molar-refractivity contribution >= 4 is 5.91 Å². The molecule has 0 aromatic rings. The van der Waals surface area contributed by atoms with Gasteiger partial charge in [-0.1, -0.05) is 19.8 Å².